The van der Waals surface area contributed by atoms with Gasteiger partial charge in [-0.15, -0.1) is 0 Å². The smallest absolute Gasteiger partial charge is 0.227 e. The van der Waals surface area contributed by atoms with Crippen molar-refractivity contribution in [1.29, 1.82) is 0 Å². The predicted octanol–water partition coefficient (Wildman–Crippen LogP) is 2.47. The van der Waals surface area contributed by atoms with Gasteiger partial charge < -0.3 is 9.84 Å². The monoisotopic (exact) mass is 274 g/mol. The molecule has 106 valence electrons. The second-order valence-electron chi connectivity index (χ2n) is 4.97. The number of carbonyl (C=O) groups is 1. The lowest BCUT2D eigenvalue weighted by atomic mass is 10.2. The summed E-state index contributed by atoms with van der Waals surface area (Å²) in [6.07, 6.45) is 2.38. The van der Waals surface area contributed by atoms with Crippen LogP contribution in [-0.4, -0.2) is 21.0 Å². The molecule has 0 unspecified atom stereocenters. The van der Waals surface area contributed by atoms with E-state index in [1.54, 1.807) is 6.20 Å². The predicted molar refractivity (Wildman–Crippen MR) is 74.3 cm³/mol. The number of nitrogens with zero attached hydrogens (tertiary/aromatic N) is 3. The van der Waals surface area contributed by atoms with Crippen LogP contribution in [-0.2, 0) is 11.2 Å². The Balaban J connectivity index is 1.85. The summed E-state index contributed by atoms with van der Waals surface area (Å²) in [5, 5.41) is 6.60. The summed E-state index contributed by atoms with van der Waals surface area (Å²) in [4.78, 5) is 20.1. The van der Waals surface area contributed by atoms with Gasteiger partial charge in [-0.1, -0.05) is 19.0 Å². The van der Waals surface area contributed by atoms with Crippen molar-refractivity contribution in [1.82, 2.24) is 15.1 Å². The average Bonchev–Trinajstić information content (AvgIpc) is 2.85. The van der Waals surface area contributed by atoms with E-state index in [9.17, 15) is 4.79 Å². The van der Waals surface area contributed by atoms with Crippen molar-refractivity contribution in [3.8, 4) is 0 Å². The van der Waals surface area contributed by atoms with Crippen LogP contribution in [0.15, 0.2) is 22.9 Å². The fourth-order valence-electron chi connectivity index (χ4n) is 1.63. The van der Waals surface area contributed by atoms with E-state index in [2.05, 4.69) is 20.4 Å². The summed E-state index contributed by atoms with van der Waals surface area (Å²) < 4.78 is 5.09. The molecule has 0 aliphatic heterocycles. The Morgan fingerprint density at radius 1 is 1.45 bits per heavy atom. The van der Waals surface area contributed by atoms with Crippen LogP contribution < -0.4 is 5.32 Å². The zero-order valence-electron chi connectivity index (χ0n) is 11.9. The van der Waals surface area contributed by atoms with Gasteiger partial charge in [0.05, 0.1) is 0 Å². The lowest BCUT2D eigenvalue weighted by Gasteiger charge is -2.03. The SMILES string of the molecule is Cc1ccnc(NC(=O)CCc2nc(C(C)C)no2)c1. The lowest BCUT2D eigenvalue weighted by Crippen LogP contribution is -2.13. The molecule has 0 aromatic carbocycles. The molecule has 0 fully saturated rings. The summed E-state index contributed by atoms with van der Waals surface area (Å²) in [5.41, 5.74) is 1.05. The number of anilines is 1. The Morgan fingerprint density at radius 2 is 2.25 bits per heavy atom. The highest BCUT2D eigenvalue weighted by Gasteiger charge is 2.11. The normalized spacial score (nSPS) is 10.8. The quantitative estimate of drug-likeness (QED) is 0.905. The van der Waals surface area contributed by atoms with E-state index >= 15 is 0 Å². The molecule has 1 N–H and O–H groups in total. The molecule has 6 heteroatoms. The van der Waals surface area contributed by atoms with Gasteiger partial charge in [-0.2, -0.15) is 4.98 Å². The minimum absolute atomic E-state index is 0.118. The number of rotatable bonds is 5. The van der Waals surface area contributed by atoms with Crippen LogP contribution in [0.3, 0.4) is 0 Å². The highest BCUT2D eigenvalue weighted by molar-refractivity contribution is 5.89. The van der Waals surface area contributed by atoms with Gasteiger partial charge in [-0.25, -0.2) is 4.98 Å². The maximum absolute atomic E-state index is 11.8. The third kappa shape index (κ3) is 3.88. The van der Waals surface area contributed by atoms with Crippen molar-refractivity contribution < 1.29 is 9.32 Å². The van der Waals surface area contributed by atoms with Crippen LogP contribution in [0.25, 0.3) is 0 Å². The zero-order chi connectivity index (χ0) is 14.5. The van der Waals surface area contributed by atoms with Gasteiger partial charge in [0, 0.05) is 25.0 Å². The standard InChI is InChI=1S/C14H18N4O2/c1-9(2)14-17-13(20-18-14)5-4-12(19)16-11-8-10(3)6-7-15-11/h6-9H,4-5H2,1-3H3,(H,15,16,19). The molecule has 2 rings (SSSR count). The number of carbonyl (C=O) groups excluding carboxylic acids is 1. The van der Waals surface area contributed by atoms with Crippen molar-refractivity contribution in [2.75, 3.05) is 5.32 Å². The van der Waals surface area contributed by atoms with Gasteiger partial charge in [0.15, 0.2) is 5.82 Å². The zero-order valence-corrected chi connectivity index (χ0v) is 11.9. The van der Waals surface area contributed by atoms with E-state index in [0.717, 1.165) is 5.56 Å². The summed E-state index contributed by atoms with van der Waals surface area (Å²) in [5.74, 6) is 1.82. The lowest BCUT2D eigenvalue weighted by molar-refractivity contribution is -0.116. The minimum Gasteiger partial charge on any atom is -0.339 e. The second-order valence-corrected chi connectivity index (χ2v) is 4.97. The molecule has 2 aromatic rings. The second kappa shape index (κ2) is 6.27. The first kappa shape index (κ1) is 14.2. The van der Waals surface area contributed by atoms with Crippen molar-refractivity contribution in [3.05, 3.63) is 35.6 Å². The van der Waals surface area contributed by atoms with Crippen LogP contribution >= 0.6 is 0 Å². The number of nitrogens with one attached hydrogen (secondary N) is 1. The molecule has 0 aliphatic carbocycles. The molecule has 2 heterocycles. The molecule has 0 radical (unpaired) electrons. The summed E-state index contributed by atoms with van der Waals surface area (Å²) >= 11 is 0. The number of hydrogen-bond acceptors (Lipinski definition) is 5. The Morgan fingerprint density at radius 3 is 2.90 bits per heavy atom. The van der Waals surface area contributed by atoms with Crippen molar-refractivity contribution in [2.24, 2.45) is 0 Å². The van der Waals surface area contributed by atoms with Gasteiger partial charge >= 0.3 is 0 Å². The van der Waals surface area contributed by atoms with Gasteiger partial charge in [-0.05, 0) is 24.6 Å². The maximum Gasteiger partial charge on any atom is 0.227 e. The largest absolute Gasteiger partial charge is 0.339 e. The van der Waals surface area contributed by atoms with E-state index in [1.165, 1.54) is 0 Å². The third-order valence-electron chi connectivity index (χ3n) is 2.75. The first-order valence-corrected chi connectivity index (χ1v) is 6.59. The Kier molecular flexibility index (Phi) is 4.45. The van der Waals surface area contributed by atoms with Gasteiger partial charge in [0.1, 0.15) is 5.82 Å². The third-order valence-corrected chi connectivity index (χ3v) is 2.75. The number of aryl methyl sites for hydroxylation is 2. The molecule has 1 amide bonds. The number of hydrogen-bond donors (Lipinski definition) is 1. The van der Waals surface area contributed by atoms with Crippen LogP contribution in [0.4, 0.5) is 5.82 Å². The topological polar surface area (TPSA) is 80.9 Å². The molecule has 0 aliphatic rings. The molecule has 2 aromatic heterocycles. The number of amides is 1. The molecule has 0 atom stereocenters. The molecule has 0 bridgehead atoms. The molecule has 6 nitrogen and oxygen atoms in total. The van der Waals surface area contributed by atoms with E-state index in [4.69, 9.17) is 4.52 Å². The molecule has 0 saturated heterocycles. The highest BCUT2D eigenvalue weighted by atomic mass is 16.5. The van der Waals surface area contributed by atoms with Crippen LogP contribution in [0, 0.1) is 6.92 Å². The molecule has 20 heavy (non-hydrogen) atoms. The van der Waals surface area contributed by atoms with Gasteiger partial charge in [0.2, 0.25) is 11.8 Å². The van der Waals surface area contributed by atoms with E-state index < -0.39 is 0 Å². The van der Waals surface area contributed by atoms with Gasteiger partial charge in [-0.3, -0.25) is 4.79 Å². The maximum atomic E-state index is 11.8. The Labute approximate surface area is 117 Å². The van der Waals surface area contributed by atoms with Crippen molar-refractivity contribution in [3.63, 3.8) is 0 Å². The Bertz CT molecular complexity index is 592. The van der Waals surface area contributed by atoms with Crippen LogP contribution in [0.1, 0.15) is 43.5 Å². The first-order chi connectivity index (χ1) is 9.54. The molecule has 0 spiro atoms. The first-order valence-electron chi connectivity index (χ1n) is 6.59. The van der Waals surface area contributed by atoms with Gasteiger partial charge in [0.25, 0.3) is 0 Å². The summed E-state index contributed by atoms with van der Waals surface area (Å²) in [6.45, 7) is 5.93. The summed E-state index contributed by atoms with van der Waals surface area (Å²) in [7, 11) is 0. The van der Waals surface area contributed by atoms with E-state index in [0.29, 0.717) is 24.0 Å². The van der Waals surface area contributed by atoms with E-state index in [-0.39, 0.29) is 18.2 Å². The van der Waals surface area contributed by atoms with Crippen LogP contribution in [0.2, 0.25) is 0 Å². The fraction of sp³-hybridized carbons (Fsp3) is 0.429. The number of aromatic nitrogens is 3. The molecular formula is C14H18N4O2. The average molecular weight is 274 g/mol. The van der Waals surface area contributed by atoms with Crippen molar-refractivity contribution >= 4 is 11.7 Å². The van der Waals surface area contributed by atoms with Crippen molar-refractivity contribution in [2.45, 2.75) is 39.5 Å². The van der Waals surface area contributed by atoms with Crippen LogP contribution in [0.5, 0.6) is 0 Å². The molecule has 0 saturated carbocycles. The number of pyridine rings is 1. The molecular weight excluding hydrogens is 256 g/mol. The fourth-order valence-corrected chi connectivity index (χ4v) is 1.63. The van der Waals surface area contributed by atoms with E-state index in [1.807, 2.05) is 32.9 Å². The highest BCUT2D eigenvalue weighted by Crippen LogP contribution is 2.11. The minimum atomic E-state index is -0.118. The summed E-state index contributed by atoms with van der Waals surface area (Å²) in [6, 6.07) is 3.70. The Hall–Kier alpha value is -2.24.